The molecule has 0 aromatic carbocycles. The van der Waals surface area contributed by atoms with Crippen molar-refractivity contribution in [2.45, 2.75) is 46.0 Å². The van der Waals surface area contributed by atoms with Gasteiger partial charge in [-0.25, -0.2) is 4.98 Å². The minimum atomic E-state index is 0.679. The fourth-order valence-electron chi connectivity index (χ4n) is 2.35. The molecule has 1 heterocycles. The van der Waals surface area contributed by atoms with Crippen LogP contribution in [0.15, 0.2) is 6.07 Å². The number of rotatable bonds is 6. The number of hydrogen-bond donors (Lipinski definition) is 1. The zero-order valence-electron chi connectivity index (χ0n) is 11.4. The Morgan fingerprint density at radius 1 is 1.33 bits per heavy atom. The smallest absolute Gasteiger partial charge is 0.226 e. The lowest BCUT2D eigenvalue weighted by atomic mass is 10.1. The van der Waals surface area contributed by atoms with Gasteiger partial charge in [0, 0.05) is 18.3 Å². The quantitative estimate of drug-likeness (QED) is 0.841. The first kappa shape index (κ1) is 13.1. The molecule has 0 bridgehead atoms. The van der Waals surface area contributed by atoms with Crippen LogP contribution >= 0.6 is 0 Å². The van der Waals surface area contributed by atoms with E-state index in [4.69, 9.17) is 4.74 Å². The molecule has 1 N–H and O–H groups in total. The van der Waals surface area contributed by atoms with Crippen molar-refractivity contribution < 1.29 is 4.74 Å². The minimum Gasteiger partial charge on any atom is -0.478 e. The molecule has 100 valence electrons. The molecule has 1 aromatic heterocycles. The van der Waals surface area contributed by atoms with Crippen LogP contribution in [0.2, 0.25) is 0 Å². The molecule has 1 aromatic rings. The van der Waals surface area contributed by atoms with E-state index in [1.165, 1.54) is 25.7 Å². The third kappa shape index (κ3) is 3.86. The van der Waals surface area contributed by atoms with Gasteiger partial charge in [0.25, 0.3) is 0 Å². The predicted octanol–water partition coefficient (Wildman–Crippen LogP) is 3.18. The van der Waals surface area contributed by atoms with Crippen LogP contribution in [0.4, 0.5) is 5.95 Å². The van der Waals surface area contributed by atoms with E-state index < -0.39 is 0 Å². The van der Waals surface area contributed by atoms with Crippen molar-refractivity contribution in [3.63, 3.8) is 0 Å². The molecule has 0 aliphatic heterocycles. The van der Waals surface area contributed by atoms with Crippen molar-refractivity contribution >= 4 is 5.95 Å². The Morgan fingerprint density at radius 3 is 2.83 bits per heavy atom. The first-order valence-electron chi connectivity index (χ1n) is 7.00. The molecule has 0 saturated heterocycles. The topological polar surface area (TPSA) is 47.0 Å². The van der Waals surface area contributed by atoms with Crippen molar-refractivity contribution in [2.75, 3.05) is 18.5 Å². The van der Waals surface area contributed by atoms with Gasteiger partial charge in [-0.05, 0) is 32.1 Å². The van der Waals surface area contributed by atoms with Crippen molar-refractivity contribution in [1.82, 2.24) is 9.97 Å². The van der Waals surface area contributed by atoms with Crippen molar-refractivity contribution in [3.05, 3.63) is 11.8 Å². The molecule has 18 heavy (non-hydrogen) atoms. The Bertz CT molecular complexity index is 375. The second kappa shape index (κ2) is 6.57. The lowest BCUT2D eigenvalue weighted by Gasteiger charge is -2.12. The van der Waals surface area contributed by atoms with Gasteiger partial charge in [-0.2, -0.15) is 4.98 Å². The second-order valence-corrected chi connectivity index (χ2v) is 5.05. The number of hydrogen-bond acceptors (Lipinski definition) is 4. The maximum atomic E-state index is 5.56. The summed E-state index contributed by atoms with van der Waals surface area (Å²) in [6, 6.07) is 1.89. The number of ether oxygens (including phenoxy) is 1. The maximum Gasteiger partial charge on any atom is 0.226 e. The van der Waals surface area contributed by atoms with Gasteiger partial charge < -0.3 is 10.1 Å². The largest absolute Gasteiger partial charge is 0.478 e. The molecule has 0 radical (unpaired) electrons. The van der Waals surface area contributed by atoms with E-state index >= 15 is 0 Å². The standard InChI is InChI=1S/C14H23N3O/c1-3-8-18-13-9-11(2)16-14(17-13)15-10-12-6-4-5-7-12/h9,12H,3-8,10H2,1-2H3,(H,15,16,17). The van der Waals surface area contributed by atoms with Crippen LogP contribution in [-0.4, -0.2) is 23.1 Å². The highest BCUT2D eigenvalue weighted by molar-refractivity contribution is 5.30. The van der Waals surface area contributed by atoms with E-state index in [0.29, 0.717) is 18.4 Å². The zero-order chi connectivity index (χ0) is 12.8. The van der Waals surface area contributed by atoms with Gasteiger partial charge in [0.2, 0.25) is 11.8 Å². The Labute approximate surface area is 109 Å². The number of nitrogens with zero attached hydrogens (tertiary/aromatic N) is 2. The van der Waals surface area contributed by atoms with E-state index in [1.54, 1.807) is 0 Å². The fourth-order valence-corrected chi connectivity index (χ4v) is 2.35. The highest BCUT2D eigenvalue weighted by Crippen LogP contribution is 2.24. The second-order valence-electron chi connectivity index (χ2n) is 5.05. The van der Waals surface area contributed by atoms with Crippen LogP contribution in [-0.2, 0) is 0 Å². The average Bonchev–Trinajstić information content (AvgIpc) is 2.86. The van der Waals surface area contributed by atoms with Crippen LogP contribution in [0, 0.1) is 12.8 Å². The fraction of sp³-hybridized carbons (Fsp3) is 0.714. The van der Waals surface area contributed by atoms with Gasteiger partial charge in [-0.3, -0.25) is 0 Å². The Hall–Kier alpha value is -1.32. The Morgan fingerprint density at radius 2 is 2.11 bits per heavy atom. The molecule has 4 heteroatoms. The van der Waals surface area contributed by atoms with Crippen molar-refractivity contribution in [2.24, 2.45) is 5.92 Å². The molecule has 1 saturated carbocycles. The van der Waals surface area contributed by atoms with Crippen LogP contribution in [0.25, 0.3) is 0 Å². The van der Waals surface area contributed by atoms with Gasteiger partial charge in [-0.1, -0.05) is 19.8 Å². The highest BCUT2D eigenvalue weighted by atomic mass is 16.5. The third-order valence-electron chi connectivity index (χ3n) is 3.31. The van der Waals surface area contributed by atoms with Crippen LogP contribution < -0.4 is 10.1 Å². The molecule has 1 fully saturated rings. The molecule has 1 aliphatic rings. The number of anilines is 1. The summed E-state index contributed by atoms with van der Waals surface area (Å²) in [7, 11) is 0. The molecule has 0 atom stereocenters. The maximum absolute atomic E-state index is 5.56. The molecular weight excluding hydrogens is 226 g/mol. The van der Waals surface area contributed by atoms with Crippen LogP contribution in [0.3, 0.4) is 0 Å². The van der Waals surface area contributed by atoms with Gasteiger partial charge >= 0.3 is 0 Å². The monoisotopic (exact) mass is 249 g/mol. The van der Waals surface area contributed by atoms with E-state index in [9.17, 15) is 0 Å². The van der Waals surface area contributed by atoms with Crippen LogP contribution in [0.5, 0.6) is 5.88 Å². The summed E-state index contributed by atoms with van der Waals surface area (Å²) in [5.41, 5.74) is 0.949. The summed E-state index contributed by atoms with van der Waals surface area (Å²) in [5.74, 6) is 2.17. The number of aromatic nitrogens is 2. The van der Waals surface area contributed by atoms with Crippen molar-refractivity contribution in [1.29, 1.82) is 0 Å². The first-order chi connectivity index (χ1) is 8.78. The molecule has 2 rings (SSSR count). The van der Waals surface area contributed by atoms with Gasteiger partial charge in [0.15, 0.2) is 0 Å². The lowest BCUT2D eigenvalue weighted by molar-refractivity contribution is 0.305. The summed E-state index contributed by atoms with van der Waals surface area (Å²) in [5, 5.41) is 3.34. The molecule has 0 spiro atoms. The molecular formula is C14H23N3O. The van der Waals surface area contributed by atoms with Crippen molar-refractivity contribution in [3.8, 4) is 5.88 Å². The summed E-state index contributed by atoms with van der Waals surface area (Å²) < 4.78 is 5.56. The Kier molecular flexibility index (Phi) is 4.79. The summed E-state index contributed by atoms with van der Waals surface area (Å²) in [6.45, 7) is 5.75. The third-order valence-corrected chi connectivity index (χ3v) is 3.31. The molecule has 0 unspecified atom stereocenters. The van der Waals surface area contributed by atoms with Crippen LogP contribution in [0.1, 0.15) is 44.7 Å². The van der Waals surface area contributed by atoms with Gasteiger partial charge in [0.05, 0.1) is 6.61 Å². The molecule has 1 aliphatic carbocycles. The lowest BCUT2D eigenvalue weighted by Crippen LogP contribution is -2.13. The SMILES string of the molecule is CCCOc1cc(C)nc(NCC2CCCC2)n1. The zero-order valence-corrected chi connectivity index (χ0v) is 11.4. The summed E-state index contributed by atoms with van der Waals surface area (Å²) in [4.78, 5) is 8.79. The average molecular weight is 249 g/mol. The minimum absolute atomic E-state index is 0.679. The molecule has 0 amide bonds. The van der Waals surface area contributed by atoms with E-state index in [0.717, 1.165) is 24.6 Å². The summed E-state index contributed by atoms with van der Waals surface area (Å²) in [6.07, 6.45) is 6.39. The Balaban J connectivity index is 1.91. The van der Waals surface area contributed by atoms with E-state index in [-0.39, 0.29) is 0 Å². The molecule has 4 nitrogen and oxygen atoms in total. The van der Waals surface area contributed by atoms with Gasteiger partial charge in [0.1, 0.15) is 0 Å². The number of aryl methyl sites for hydroxylation is 1. The summed E-state index contributed by atoms with van der Waals surface area (Å²) >= 11 is 0. The normalized spacial score (nSPS) is 15.9. The predicted molar refractivity (Wildman–Crippen MR) is 73.0 cm³/mol. The first-order valence-corrected chi connectivity index (χ1v) is 7.00. The van der Waals surface area contributed by atoms with E-state index in [2.05, 4.69) is 22.2 Å². The number of nitrogens with one attached hydrogen (secondary N) is 1. The van der Waals surface area contributed by atoms with E-state index in [1.807, 2.05) is 13.0 Å². The van der Waals surface area contributed by atoms with Gasteiger partial charge in [-0.15, -0.1) is 0 Å². The highest BCUT2D eigenvalue weighted by Gasteiger charge is 2.15.